The van der Waals surface area contributed by atoms with Gasteiger partial charge >= 0.3 is 0 Å². The van der Waals surface area contributed by atoms with Gasteiger partial charge in [-0.25, -0.2) is 8.42 Å². The minimum atomic E-state index is -3.26. The Hall–Kier alpha value is -0.990. The zero-order valence-electron chi connectivity index (χ0n) is 9.63. The Morgan fingerprint density at radius 2 is 2.41 bits per heavy atom. The van der Waals surface area contributed by atoms with Crippen LogP contribution < -0.4 is 0 Å². The van der Waals surface area contributed by atoms with Gasteiger partial charge in [0.2, 0.25) is 10.0 Å². The van der Waals surface area contributed by atoms with Crippen LogP contribution in [0.3, 0.4) is 0 Å². The Bertz CT molecular complexity index is 472. The predicted octanol–water partition coefficient (Wildman–Crippen LogP) is -0.562. The highest BCUT2D eigenvalue weighted by Crippen LogP contribution is 2.31. The van der Waals surface area contributed by atoms with Crippen LogP contribution in [0.4, 0.5) is 0 Å². The molecule has 1 unspecified atom stereocenters. The van der Waals surface area contributed by atoms with Crippen LogP contribution in [0.25, 0.3) is 0 Å². The Morgan fingerprint density at radius 3 is 3.00 bits per heavy atom. The van der Waals surface area contributed by atoms with Crippen molar-refractivity contribution in [1.82, 2.24) is 19.7 Å². The standard InChI is InChI=1S/C9H16N4O3S/c1-2-5-17(15,16)13-4-3-9(14,7-13)8-6-10-12-11-8/h6,14H,2-5,7H2,1H3,(H,10,11,12). The molecular weight excluding hydrogens is 244 g/mol. The van der Waals surface area contributed by atoms with Crippen LogP contribution in [0.2, 0.25) is 0 Å². The maximum Gasteiger partial charge on any atom is 0.214 e. The third-order valence-electron chi connectivity index (χ3n) is 2.96. The van der Waals surface area contributed by atoms with Crippen LogP contribution in [0, 0.1) is 0 Å². The summed E-state index contributed by atoms with van der Waals surface area (Å²) in [5, 5.41) is 20.2. The summed E-state index contributed by atoms with van der Waals surface area (Å²) in [5.74, 6) is 0.113. The molecular formula is C9H16N4O3S. The zero-order chi connectivity index (χ0) is 12.5. The second-order valence-electron chi connectivity index (χ2n) is 4.29. The van der Waals surface area contributed by atoms with Gasteiger partial charge in [-0.1, -0.05) is 6.92 Å². The molecule has 2 rings (SSSR count). The van der Waals surface area contributed by atoms with Crippen LogP contribution in [-0.4, -0.2) is 52.1 Å². The highest BCUT2D eigenvalue weighted by molar-refractivity contribution is 7.89. The van der Waals surface area contributed by atoms with E-state index in [0.717, 1.165) is 0 Å². The molecule has 1 atom stereocenters. The number of sulfonamides is 1. The van der Waals surface area contributed by atoms with Gasteiger partial charge in [-0.2, -0.15) is 19.7 Å². The molecule has 17 heavy (non-hydrogen) atoms. The third-order valence-corrected chi connectivity index (χ3v) is 4.98. The van der Waals surface area contributed by atoms with Crippen molar-refractivity contribution in [2.45, 2.75) is 25.4 Å². The lowest BCUT2D eigenvalue weighted by atomic mass is 10.0. The molecule has 0 spiro atoms. The van der Waals surface area contributed by atoms with Gasteiger partial charge in [-0.3, -0.25) is 0 Å². The van der Waals surface area contributed by atoms with Crippen LogP contribution in [-0.2, 0) is 15.6 Å². The number of aromatic nitrogens is 3. The van der Waals surface area contributed by atoms with E-state index in [0.29, 0.717) is 25.1 Å². The third kappa shape index (κ3) is 2.33. The van der Waals surface area contributed by atoms with Crippen molar-refractivity contribution in [3.05, 3.63) is 11.9 Å². The number of aromatic amines is 1. The van der Waals surface area contributed by atoms with Gasteiger partial charge in [0.25, 0.3) is 0 Å². The predicted molar refractivity (Wildman–Crippen MR) is 60.5 cm³/mol. The number of aliphatic hydroxyl groups is 1. The van der Waals surface area contributed by atoms with Gasteiger partial charge in [0, 0.05) is 13.1 Å². The topological polar surface area (TPSA) is 99.2 Å². The first-order valence-corrected chi connectivity index (χ1v) is 7.15. The van der Waals surface area contributed by atoms with E-state index in [-0.39, 0.29) is 12.3 Å². The normalized spacial score (nSPS) is 26.5. The molecule has 8 heteroatoms. The summed E-state index contributed by atoms with van der Waals surface area (Å²) in [6.07, 6.45) is 2.35. The van der Waals surface area contributed by atoms with E-state index < -0.39 is 15.6 Å². The Balaban J connectivity index is 2.15. The van der Waals surface area contributed by atoms with Crippen molar-refractivity contribution in [2.24, 2.45) is 0 Å². The van der Waals surface area contributed by atoms with Gasteiger partial charge in [0.1, 0.15) is 11.3 Å². The quantitative estimate of drug-likeness (QED) is 0.756. The summed E-state index contributed by atoms with van der Waals surface area (Å²) in [5.41, 5.74) is -0.819. The van der Waals surface area contributed by atoms with Crippen LogP contribution in [0.5, 0.6) is 0 Å². The molecule has 1 aromatic rings. The molecule has 2 heterocycles. The van der Waals surface area contributed by atoms with Crippen molar-refractivity contribution in [2.75, 3.05) is 18.8 Å². The SMILES string of the molecule is CCCS(=O)(=O)N1CCC(O)(c2cn[nH]n2)C1. The number of nitrogens with one attached hydrogen (secondary N) is 1. The van der Waals surface area contributed by atoms with E-state index in [4.69, 9.17) is 0 Å². The molecule has 1 fully saturated rings. The molecule has 1 aliphatic heterocycles. The summed E-state index contributed by atoms with van der Waals surface area (Å²) >= 11 is 0. The zero-order valence-corrected chi connectivity index (χ0v) is 10.4. The molecule has 96 valence electrons. The Labute approximate surface area is 99.9 Å². The number of H-pyrrole nitrogens is 1. The van der Waals surface area contributed by atoms with Crippen molar-refractivity contribution in [1.29, 1.82) is 0 Å². The van der Waals surface area contributed by atoms with E-state index in [1.165, 1.54) is 10.5 Å². The first-order valence-electron chi connectivity index (χ1n) is 5.54. The Morgan fingerprint density at radius 1 is 1.65 bits per heavy atom. The van der Waals surface area contributed by atoms with Crippen molar-refractivity contribution < 1.29 is 13.5 Å². The second kappa shape index (κ2) is 4.35. The van der Waals surface area contributed by atoms with E-state index in [1.807, 2.05) is 6.92 Å². The van der Waals surface area contributed by atoms with Gasteiger partial charge in [0.05, 0.1) is 11.9 Å². The maximum absolute atomic E-state index is 11.9. The summed E-state index contributed by atoms with van der Waals surface area (Å²) < 4.78 is 25.0. The lowest BCUT2D eigenvalue weighted by molar-refractivity contribution is 0.0485. The van der Waals surface area contributed by atoms with Gasteiger partial charge < -0.3 is 5.11 Å². The molecule has 0 bridgehead atoms. The summed E-state index contributed by atoms with van der Waals surface area (Å²) in [7, 11) is -3.26. The Kier molecular flexibility index (Phi) is 3.19. The molecule has 0 aromatic carbocycles. The van der Waals surface area contributed by atoms with Crippen LogP contribution in [0.1, 0.15) is 25.5 Å². The summed E-state index contributed by atoms with van der Waals surface area (Å²) in [4.78, 5) is 0. The lowest BCUT2D eigenvalue weighted by Crippen LogP contribution is -2.35. The van der Waals surface area contributed by atoms with Crippen LogP contribution in [0.15, 0.2) is 6.20 Å². The van der Waals surface area contributed by atoms with Gasteiger partial charge in [0.15, 0.2) is 0 Å². The lowest BCUT2D eigenvalue weighted by Gasteiger charge is -2.20. The first-order chi connectivity index (χ1) is 7.98. The summed E-state index contributed by atoms with van der Waals surface area (Å²) in [6, 6.07) is 0. The number of β-amino-alcohol motifs (C(OH)–C–C–N with tert-alkyl or cyclic N) is 1. The molecule has 1 saturated heterocycles. The smallest absolute Gasteiger partial charge is 0.214 e. The second-order valence-corrected chi connectivity index (χ2v) is 6.37. The van der Waals surface area contributed by atoms with E-state index in [9.17, 15) is 13.5 Å². The molecule has 0 amide bonds. The van der Waals surface area contributed by atoms with E-state index in [2.05, 4.69) is 15.4 Å². The highest BCUT2D eigenvalue weighted by atomic mass is 32.2. The van der Waals surface area contributed by atoms with Crippen LogP contribution >= 0.6 is 0 Å². The van der Waals surface area contributed by atoms with Crippen molar-refractivity contribution in [3.63, 3.8) is 0 Å². The van der Waals surface area contributed by atoms with Crippen molar-refractivity contribution >= 4 is 10.0 Å². The number of nitrogens with zero attached hydrogens (tertiary/aromatic N) is 3. The molecule has 1 aliphatic rings. The monoisotopic (exact) mass is 260 g/mol. The number of hydrogen-bond acceptors (Lipinski definition) is 5. The average molecular weight is 260 g/mol. The van der Waals surface area contributed by atoms with E-state index >= 15 is 0 Å². The fraction of sp³-hybridized carbons (Fsp3) is 0.778. The first kappa shape index (κ1) is 12.5. The molecule has 1 aromatic heterocycles. The molecule has 0 saturated carbocycles. The van der Waals surface area contributed by atoms with Crippen molar-refractivity contribution in [3.8, 4) is 0 Å². The fourth-order valence-electron chi connectivity index (χ4n) is 2.02. The maximum atomic E-state index is 11.9. The fourth-order valence-corrected chi connectivity index (χ4v) is 3.57. The van der Waals surface area contributed by atoms with E-state index in [1.54, 1.807) is 0 Å². The summed E-state index contributed by atoms with van der Waals surface area (Å²) in [6.45, 7) is 2.20. The largest absolute Gasteiger partial charge is 0.382 e. The molecule has 0 radical (unpaired) electrons. The van der Waals surface area contributed by atoms with Gasteiger partial charge in [-0.15, -0.1) is 0 Å². The minimum Gasteiger partial charge on any atom is -0.382 e. The number of rotatable bonds is 4. The molecule has 2 N–H and O–H groups in total. The van der Waals surface area contributed by atoms with Gasteiger partial charge in [-0.05, 0) is 12.8 Å². The highest BCUT2D eigenvalue weighted by Gasteiger charge is 2.43. The number of hydrogen-bond donors (Lipinski definition) is 2. The minimum absolute atomic E-state index is 0.0574. The molecule has 7 nitrogen and oxygen atoms in total. The average Bonchev–Trinajstić information content (AvgIpc) is 2.86. The molecule has 0 aliphatic carbocycles.